The molecule has 0 aliphatic carbocycles. The Labute approximate surface area is 170 Å². The largest absolute Gasteiger partial charge is 0.464 e. The van der Waals surface area contributed by atoms with Crippen LogP contribution in [0.4, 0.5) is 11.4 Å². The van der Waals surface area contributed by atoms with Crippen molar-refractivity contribution in [1.82, 2.24) is 0 Å². The minimum absolute atomic E-state index is 0.0358. The summed E-state index contributed by atoms with van der Waals surface area (Å²) in [6.07, 6.45) is 5.82. The summed E-state index contributed by atoms with van der Waals surface area (Å²) in [7, 11) is 0. The van der Waals surface area contributed by atoms with Crippen LogP contribution >= 0.6 is 0 Å². The fourth-order valence-electron chi connectivity index (χ4n) is 4.29. The number of hydrogen-bond donors (Lipinski definition) is 1. The van der Waals surface area contributed by atoms with Gasteiger partial charge in [0.1, 0.15) is 5.58 Å². The predicted octanol–water partition coefficient (Wildman–Crippen LogP) is 5.76. The Morgan fingerprint density at radius 2 is 1.72 bits per heavy atom. The number of fused-ring (bicyclic) bond motifs is 3. The lowest BCUT2D eigenvalue weighted by Crippen LogP contribution is -2.29. The Kier molecular flexibility index (Phi) is 4.68. The molecule has 0 bridgehead atoms. The van der Waals surface area contributed by atoms with Crippen molar-refractivity contribution in [2.75, 3.05) is 23.3 Å². The van der Waals surface area contributed by atoms with Crippen LogP contribution in [0.25, 0.3) is 21.7 Å². The molecule has 4 aromatic rings. The number of carbonyl (C=O) groups excluding carboxylic acids is 1. The van der Waals surface area contributed by atoms with Gasteiger partial charge < -0.3 is 14.6 Å². The van der Waals surface area contributed by atoms with Crippen LogP contribution < -0.4 is 10.2 Å². The minimum atomic E-state index is -0.0358. The summed E-state index contributed by atoms with van der Waals surface area (Å²) in [5.74, 6) is -0.0358. The van der Waals surface area contributed by atoms with E-state index in [2.05, 4.69) is 40.5 Å². The zero-order valence-electron chi connectivity index (χ0n) is 16.4. The Morgan fingerprint density at radius 1 is 0.931 bits per heavy atom. The second kappa shape index (κ2) is 7.63. The van der Waals surface area contributed by atoms with Gasteiger partial charge in [0.05, 0.1) is 12.7 Å². The SMILES string of the molecule is O=C(Cc1coc2ccc3ccccc3c12)Nc1ccc(N2CCCCC2)cc1. The van der Waals surface area contributed by atoms with E-state index in [4.69, 9.17) is 4.42 Å². The standard InChI is InChI=1S/C25H24N2O2/c28-24(26-20-9-11-21(12-10-20)27-14-4-1-5-15-27)16-19-17-29-23-13-8-18-6-2-3-7-22(18)25(19)23/h2-3,6-13,17H,1,4-5,14-16H2,(H,26,28). The summed E-state index contributed by atoms with van der Waals surface area (Å²) in [6, 6.07) is 20.4. The van der Waals surface area contributed by atoms with Gasteiger partial charge in [0.15, 0.2) is 0 Å². The van der Waals surface area contributed by atoms with Gasteiger partial charge in [-0.25, -0.2) is 0 Å². The molecule has 1 fully saturated rings. The van der Waals surface area contributed by atoms with E-state index >= 15 is 0 Å². The van der Waals surface area contributed by atoms with E-state index in [-0.39, 0.29) is 12.3 Å². The van der Waals surface area contributed by atoms with E-state index in [9.17, 15) is 4.79 Å². The van der Waals surface area contributed by atoms with E-state index in [1.54, 1.807) is 6.26 Å². The van der Waals surface area contributed by atoms with Crippen LogP contribution in [-0.4, -0.2) is 19.0 Å². The number of furan rings is 1. The summed E-state index contributed by atoms with van der Waals surface area (Å²) in [5.41, 5.74) is 3.79. The molecule has 0 saturated carbocycles. The van der Waals surface area contributed by atoms with Crippen molar-refractivity contribution < 1.29 is 9.21 Å². The molecule has 1 saturated heterocycles. The average Bonchev–Trinajstić information content (AvgIpc) is 3.18. The first-order valence-corrected chi connectivity index (χ1v) is 10.3. The Balaban J connectivity index is 1.32. The average molecular weight is 384 g/mol. The van der Waals surface area contributed by atoms with E-state index in [1.807, 2.05) is 30.3 Å². The summed E-state index contributed by atoms with van der Waals surface area (Å²) in [4.78, 5) is 15.1. The molecular weight excluding hydrogens is 360 g/mol. The highest BCUT2D eigenvalue weighted by molar-refractivity contribution is 6.09. The number of benzene rings is 3. The number of nitrogens with one attached hydrogen (secondary N) is 1. The molecular formula is C25H24N2O2. The van der Waals surface area contributed by atoms with Crippen LogP contribution in [0, 0.1) is 0 Å². The molecule has 146 valence electrons. The van der Waals surface area contributed by atoms with E-state index in [0.717, 1.165) is 46.1 Å². The molecule has 1 amide bonds. The van der Waals surface area contributed by atoms with E-state index < -0.39 is 0 Å². The zero-order chi connectivity index (χ0) is 19.6. The van der Waals surface area contributed by atoms with E-state index in [0.29, 0.717) is 0 Å². The van der Waals surface area contributed by atoms with Crippen LogP contribution in [0.2, 0.25) is 0 Å². The number of anilines is 2. The number of hydrogen-bond acceptors (Lipinski definition) is 3. The Morgan fingerprint density at radius 3 is 2.55 bits per heavy atom. The van der Waals surface area contributed by atoms with Gasteiger partial charge in [0, 0.05) is 35.4 Å². The molecule has 5 rings (SSSR count). The summed E-state index contributed by atoms with van der Waals surface area (Å²) < 4.78 is 5.71. The van der Waals surface area contributed by atoms with Crippen molar-refractivity contribution in [1.29, 1.82) is 0 Å². The zero-order valence-corrected chi connectivity index (χ0v) is 16.4. The molecule has 2 heterocycles. The molecule has 0 radical (unpaired) electrons. The highest BCUT2D eigenvalue weighted by atomic mass is 16.3. The number of nitrogens with zero attached hydrogens (tertiary/aromatic N) is 1. The van der Waals surface area contributed by atoms with Crippen LogP contribution in [0.5, 0.6) is 0 Å². The second-order valence-electron chi connectivity index (χ2n) is 7.74. The molecule has 4 heteroatoms. The van der Waals surface area contributed by atoms with Crippen LogP contribution in [-0.2, 0) is 11.2 Å². The highest BCUT2D eigenvalue weighted by Gasteiger charge is 2.14. The lowest BCUT2D eigenvalue weighted by atomic mass is 10.0. The topological polar surface area (TPSA) is 45.5 Å². The van der Waals surface area contributed by atoms with Crippen LogP contribution in [0.3, 0.4) is 0 Å². The van der Waals surface area contributed by atoms with E-state index in [1.165, 1.54) is 24.9 Å². The molecule has 1 aliphatic rings. The number of carbonyl (C=O) groups is 1. The molecule has 0 atom stereocenters. The maximum atomic E-state index is 12.7. The van der Waals surface area contributed by atoms with Crippen LogP contribution in [0.1, 0.15) is 24.8 Å². The van der Waals surface area contributed by atoms with Crippen molar-refractivity contribution >= 4 is 39.0 Å². The maximum Gasteiger partial charge on any atom is 0.228 e. The van der Waals surface area contributed by atoms with Gasteiger partial charge in [-0.2, -0.15) is 0 Å². The predicted molar refractivity (Wildman–Crippen MR) is 119 cm³/mol. The van der Waals surface area contributed by atoms with Crippen molar-refractivity contribution in [3.8, 4) is 0 Å². The fourth-order valence-corrected chi connectivity index (χ4v) is 4.29. The van der Waals surface area contributed by atoms with Crippen molar-refractivity contribution in [3.05, 3.63) is 72.5 Å². The first-order chi connectivity index (χ1) is 14.3. The van der Waals surface area contributed by atoms with Gasteiger partial charge in [0.25, 0.3) is 0 Å². The van der Waals surface area contributed by atoms with Gasteiger partial charge in [-0.05, 0) is 60.4 Å². The number of amides is 1. The minimum Gasteiger partial charge on any atom is -0.464 e. The summed E-state index contributed by atoms with van der Waals surface area (Å²) in [6.45, 7) is 2.24. The monoisotopic (exact) mass is 384 g/mol. The quantitative estimate of drug-likeness (QED) is 0.487. The first kappa shape index (κ1) is 17.8. The third-order valence-corrected chi connectivity index (χ3v) is 5.76. The normalized spacial score (nSPS) is 14.4. The molecule has 0 unspecified atom stereocenters. The summed E-state index contributed by atoms with van der Waals surface area (Å²) >= 11 is 0. The van der Waals surface area contributed by atoms with Gasteiger partial charge in [-0.15, -0.1) is 0 Å². The lowest BCUT2D eigenvalue weighted by Gasteiger charge is -2.28. The second-order valence-corrected chi connectivity index (χ2v) is 7.74. The van der Waals surface area contributed by atoms with Crippen LogP contribution in [0.15, 0.2) is 71.3 Å². The Hall–Kier alpha value is -3.27. The van der Waals surface area contributed by atoms with Gasteiger partial charge >= 0.3 is 0 Å². The third kappa shape index (κ3) is 3.58. The van der Waals surface area contributed by atoms with Crippen molar-refractivity contribution in [2.24, 2.45) is 0 Å². The fraction of sp³-hybridized carbons (Fsp3) is 0.240. The smallest absolute Gasteiger partial charge is 0.228 e. The molecule has 3 aromatic carbocycles. The van der Waals surface area contributed by atoms with Gasteiger partial charge in [-0.1, -0.05) is 30.3 Å². The highest BCUT2D eigenvalue weighted by Crippen LogP contribution is 2.30. The van der Waals surface area contributed by atoms with Crippen molar-refractivity contribution in [2.45, 2.75) is 25.7 Å². The first-order valence-electron chi connectivity index (χ1n) is 10.3. The molecule has 1 aromatic heterocycles. The molecule has 1 N–H and O–H groups in total. The molecule has 0 spiro atoms. The van der Waals surface area contributed by atoms with Gasteiger partial charge in [0.2, 0.25) is 5.91 Å². The number of rotatable bonds is 4. The third-order valence-electron chi connectivity index (χ3n) is 5.76. The molecule has 4 nitrogen and oxygen atoms in total. The summed E-state index contributed by atoms with van der Waals surface area (Å²) in [5, 5.41) is 6.32. The Bertz CT molecular complexity index is 1150. The molecule has 1 aliphatic heterocycles. The number of piperidine rings is 1. The molecule has 29 heavy (non-hydrogen) atoms. The lowest BCUT2D eigenvalue weighted by molar-refractivity contribution is -0.115. The van der Waals surface area contributed by atoms with Gasteiger partial charge in [-0.3, -0.25) is 4.79 Å². The van der Waals surface area contributed by atoms with Crippen molar-refractivity contribution in [3.63, 3.8) is 0 Å². The maximum absolute atomic E-state index is 12.7.